The van der Waals surface area contributed by atoms with Gasteiger partial charge in [-0.3, -0.25) is 14.9 Å². The molecule has 1 atom stereocenters. The van der Waals surface area contributed by atoms with Crippen LogP contribution in [0.1, 0.15) is 35.3 Å². The smallest absolute Gasteiger partial charge is 0.322 e. The first kappa shape index (κ1) is 19.0. The average molecular weight is 397 g/mol. The molecule has 1 saturated heterocycles. The van der Waals surface area contributed by atoms with Crippen molar-refractivity contribution in [2.75, 3.05) is 11.9 Å². The summed E-state index contributed by atoms with van der Waals surface area (Å²) >= 11 is 0. The molecule has 4 rings (SSSR count). The lowest BCUT2D eigenvalue weighted by molar-refractivity contribution is -0.132. The van der Waals surface area contributed by atoms with Gasteiger partial charge in [0.05, 0.1) is 12.1 Å². The van der Waals surface area contributed by atoms with Crippen LogP contribution in [0.3, 0.4) is 0 Å². The Morgan fingerprint density at radius 2 is 2.07 bits per heavy atom. The lowest BCUT2D eigenvalue weighted by Gasteiger charge is -2.26. The Labute approximate surface area is 167 Å². The van der Waals surface area contributed by atoms with Crippen LogP contribution in [-0.4, -0.2) is 40.5 Å². The SMILES string of the molecule is Cc1cccc(C)c1Nc1noc2c1CN(C(=O)CC[C@@H]1NC(=O)NC1=O)CC2. The number of nitrogens with zero attached hydrogens (tertiary/aromatic N) is 2. The van der Waals surface area contributed by atoms with E-state index < -0.39 is 12.1 Å². The summed E-state index contributed by atoms with van der Waals surface area (Å²) in [6.07, 6.45) is 1.04. The number of aryl methyl sites for hydroxylation is 2. The van der Waals surface area contributed by atoms with Gasteiger partial charge in [0.1, 0.15) is 11.8 Å². The maximum Gasteiger partial charge on any atom is 0.322 e. The van der Waals surface area contributed by atoms with Crippen molar-refractivity contribution < 1.29 is 18.9 Å². The topological polar surface area (TPSA) is 117 Å². The van der Waals surface area contributed by atoms with Gasteiger partial charge in [0.25, 0.3) is 5.91 Å². The first-order chi connectivity index (χ1) is 13.9. The minimum atomic E-state index is -0.649. The van der Waals surface area contributed by atoms with Gasteiger partial charge in [-0.05, 0) is 31.4 Å². The molecule has 152 valence electrons. The Balaban J connectivity index is 1.43. The Morgan fingerprint density at radius 3 is 2.76 bits per heavy atom. The summed E-state index contributed by atoms with van der Waals surface area (Å²) in [5, 5.41) is 12.2. The second kappa shape index (κ2) is 7.57. The molecule has 0 spiro atoms. The van der Waals surface area contributed by atoms with Crippen LogP contribution in [0.5, 0.6) is 0 Å². The first-order valence-corrected chi connectivity index (χ1v) is 9.62. The third-order valence-electron chi connectivity index (χ3n) is 5.41. The number of benzene rings is 1. The van der Waals surface area contributed by atoms with Crippen LogP contribution >= 0.6 is 0 Å². The fraction of sp³-hybridized carbons (Fsp3) is 0.400. The van der Waals surface area contributed by atoms with Crippen LogP contribution in [-0.2, 0) is 22.6 Å². The summed E-state index contributed by atoms with van der Waals surface area (Å²) in [6.45, 7) is 4.98. The van der Waals surface area contributed by atoms with Gasteiger partial charge < -0.3 is 20.1 Å². The normalized spacial score (nSPS) is 18.3. The van der Waals surface area contributed by atoms with E-state index in [-0.39, 0.29) is 24.7 Å². The molecule has 1 fully saturated rings. The number of rotatable bonds is 5. The van der Waals surface area contributed by atoms with Crippen LogP contribution in [0.15, 0.2) is 22.7 Å². The van der Waals surface area contributed by atoms with E-state index in [1.807, 2.05) is 32.0 Å². The van der Waals surface area contributed by atoms with Crippen molar-refractivity contribution in [2.24, 2.45) is 0 Å². The van der Waals surface area contributed by atoms with Gasteiger partial charge in [0.15, 0.2) is 5.82 Å². The second-order valence-electron chi connectivity index (χ2n) is 7.44. The third kappa shape index (κ3) is 3.80. The number of hydrogen-bond donors (Lipinski definition) is 3. The number of imide groups is 1. The molecule has 2 aromatic rings. The summed E-state index contributed by atoms with van der Waals surface area (Å²) in [4.78, 5) is 37.2. The molecule has 4 amide bonds. The molecule has 1 aromatic heterocycles. The van der Waals surface area contributed by atoms with E-state index in [2.05, 4.69) is 21.1 Å². The summed E-state index contributed by atoms with van der Waals surface area (Å²) < 4.78 is 5.48. The number of fused-ring (bicyclic) bond motifs is 1. The number of para-hydroxylation sites is 1. The van der Waals surface area contributed by atoms with Crippen LogP contribution in [0, 0.1) is 13.8 Å². The molecule has 0 radical (unpaired) electrons. The molecule has 3 heterocycles. The highest BCUT2D eigenvalue weighted by Gasteiger charge is 2.32. The van der Waals surface area contributed by atoms with Crippen molar-refractivity contribution in [1.29, 1.82) is 0 Å². The largest absolute Gasteiger partial charge is 0.359 e. The number of urea groups is 1. The number of carbonyl (C=O) groups is 3. The van der Waals surface area contributed by atoms with Crippen LogP contribution in [0.2, 0.25) is 0 Å². The maximum absolute atomic E-state index is 12.7. The molecule has 0 bridgehead atoms. The summed E-state index contributed by atoms with van der Waals surface area (Å²) in [7, 11) is 0. The lowest BCUT2D eigenvalue weighted by atomic mass is 10.1. The average Bonchev–Trinajstić information content (AvgIpc) is 3.24. The predicted octanol–water partition coefficient (Wildman–Crippen LogP) is 1.91. The van der Waals surface area contributed by atoms with E-state index in [9.17, 15) is 14.4 Å². The number of aromatic nitrogens is 1. The zero-order chi connectivity index (χ0) is 20.5. The molecule has 1 aromatic carbocycles. The van der Waals surface area contributed by atoms with Gasteiger partial charge in [-0.1, -0.05) is 23.4 Å². The highest BCUT2D eigenvalue weighted by Crippen LogP contribution is 2.31. The zero-order valence-corrected chi connectivity index (χ0v) is 16.4. The van der Waals surface area contributed by atoms with E-state index in [0.29, 0.717) is 25.3 Å². The standard InChI is InChI=1S/C20H23N5O4/c1-11-4-3-5-12(2)17(11)22-18-13-10-25(9-8-15(13)29-24-18)16(26)7-6-14-19(27)23-20(28)21-14/h3-5,14H,6-10H2,1-2H3,(H,22,24)(H2,21,23,27,28)/t14-/m0/s1. The van der Waals surface area contributed by atoms with Gasteiger partial charge >= 0.3 is 6.03 Å². The predicted molar refractivity (Wildman–Crippen MR) is 105 cm³/mol. The van der Waals surface area contributed by atoms with Gasteiger partial charge in [-0.15, -0.1) is 0 Å². The van der Waals surface area contributed by atoms with Crippen molar-refractivity contribution in [3.63, 3.8) is 0 Å². The van der Waals surface area contributed by atoms with E-state index >= 15 is 0 Å². The minimum Gasteiger partial charge on any atom is -0.359 e. The van der Waals surface area contributed by atoms with E-state index in [1.54, 1.807) is 4.90 Å². The fourth-order valence-corrected chi connectivity index (χ4v) is 3.74. The third-order valence-corrected chi connectivity index (χ3v) is 5.41. The zero-order valence-electron chi connectivity index (χ0n) is 16.4. The molecule has 29 heavy (non-hydrogen) atoms. The van der Waals surface area contributed by atoms with Crippen molar-refractivity contribution in [3.05, 3.63) is 40.6 Å². The van der Waals surface area contributed by atoms with E-state index in [1.165, 1.54) is 0 Å². The number of amides is 4. The Hall–Kier alpha value is -3.36. The number of carbonyl (C=O) groups excluding carboxylic acids is 3. The van der Waals surface area contributed by atoms with Crippen LogP contribution < -0.4 is 16.0 Å². The van der Waals surface area contributed by atoms with Crippen LogP contribution in [0.4, 0.5) is 16.3 Å². The Morgan fingerprint density at radius 1 is 1.31 bits per heavy atom. The highest BCUT2D eigenvalue weighted by atomic mass is 16.5. The number of nitrogens with one attached hydrogen (secondary N) is 3. The lowest BCUT2D eigenvalue weighted by Crippen LogP contribution is -2.37. The molecule has 2 aliphatic rings. The second-order valence-corrected chi connectivity index (χ2v) is 7.44. The number of hydrogen-bond acceptors (Lipinski definition) is 6. The van der Waals surface area contributed by atoms with Gasteiger partial charge in [-0.2, -0.15) is 0 Å². The summed E-state index contributed by atoms with van der Waals surface area (Å²) in [5.41, 5.74) is 4.05. The molecule has 0 aliphatic carbocycles. The van der Waals surface area contributed by atoms with Crippen molar-refractivity contribution in [1.82, 2.24) is 20.7 Å². The summed E-state index contributed by atoms with van der Waals surface area (Å²) in [6, 6.07) is 4.89. The van der Waals surface area contributed by atoms with Crippen molar-refractivity contribution in [2.45, 2.75) is 45.7 Å². The monoisotopic (exact) mass is 397 g/mol. The maximum atomic E-state index is 12.7. The highest BCUT2D eigenvalue weighted by molar-refractivity contribution is 6.04. The van der Waals surface area contributed by atoms with Gasteiger partial charge in [0.2, 0.25) is 5.91 Å². The molecule has 9 heteroatoms. The van der Waals surface area contributed by atoms with Crippen molar-refractivity contribution >= 4 is 29.4 Å². The van der Waals surface area contributed by atoms with Crippen LogP contribution in [0.25, 0.3) is 0 Å². The Bertz CT molecular complexity index is 963. The van der Waals surface area contributed by atoms with E-state index in [4.69, 9.17) is 4.52 Å². The van der Waals surface area contributed by atoms with E-state index in [0.717, 1.165) is 28.1 Å². The van der Waals surface area contributed by atoms with Crippen molar-refractivity contribution in [3.8, 4) is 0 Å². The minimum absolute atomic E-state index is 0.0659. The van der Waals surface area contributed by atoms with Gasteiger partial charge in [-0.25, -0.2) is 4.79 Å². The Kier molecular flexibility index (Phi) is 4.96. The first-order valence-electron chi connectivity index (χ1n) is 9.62. The quantitative estimate of drug-likeness (QED) is 0.664. The van der Waals surface area contributed by atoms with Gasteiger partial charge in [0, 0.05) is 25.1 Å². The molecule has 0 saturated carbocycles. The fourth-order valence-electron chi connectivity index (χ4n) is 3.74. The number of anilines is 2. The molecule has 0 unspecified atom stereocenters. The summed E-state index contributed by atoms with van der Waals surface area (Å²) in [5.74, 6) is 0.953. The molecule has 9 nitrogen and oxygen atoms in total. The molecule has 3 N–H and O–H groups in total. The molecule has 2 aliphatic heterocycles. The molecular formula is C20H23N5O4. The molecular weight excluding hydrogens is 374 g/mol.